The van der Waals surface area contributed by atoms with Crippen LogP contribution in [-0.4, -0.2) is 23.3 Å². The summed E-state index contributed by atoms with van der Waals surface area (Å²) in [5.74, 6) is 0. The maximum absolute atomic E-state index is 9.40. The van der Waals surface area contributed by atoms with Gasteiger partial charge in [0.05, 0.1) is 0 Å². The van der Waals surface area contributed by atoms with Crippen molar-refractivity contribution in [3.05, 3.63) is 24.5 Å². The van der Waals surface area contributed by atoms with E-state index in [1.165, 1.54) is 13.1 Å². The second kappa shape index (κ2) is 8.58. The molecule has 0 fully saturated rings. The topological polar surface area (TPSA) is 77.0 Å². The summed E-state index contributed by atoms with van der Waals surface area (Å²) in [6, 6.07) is 3.47. The molecule has 0 saturated carbocycles. The van der Waals surface area contributed by atoms with Gasteiger partial charge in [-0.25, -0.2) is 6.07 Å². The van der Waals surface area contributed by atoms with Crippen LogP contribution in [0.3, 0.4) is 0 Å². The van der Waals surface area contributed by atoms with Gasteiger partial charge in [-0.3, -0.25) is 5.10 Å². The summed E-state index contributed by atoms with van der Waals surface area (Å²) < 4.78 is 3.87. The molecular weight excluding hydrogens is 346 g/mol. The average molecular weight is 349 g/mol. The number of aromatic nitrogens is 2. The molecule has 0 radical (unpaired) electrons. The molecule has 67 valence electrons. The Hall–Kier alpha value is -1.52. The van der Waals surface area contributed by atoms with Crippen LogP contribution in [0, 0.1) is 6.20 Å². The summed E-state index contributed by atoms with van der Waals surface area (Å²) in [5.41, 5.74) is 0. The van der Waals surface area contributed by atoms with Gasteiger partial charge in [-0.05, 0) is 6.20 Å². The maximum atomic E-state index is 9.40. The summed E-state index contributed by atoms with van der Waals surface area (Å²) in [5, 5.41) is 6.89. The van der Waals surface area contributed by atoms with E-state index >= 15 is 0 Å². The molecule has 0 saturated heterocycles. The van der Waals surface area contributed by atoms with Crippen LogP contribution in [0.25, 0.3) is 0 Å². The first-order valence-corrected chi connectivity index (χ1v) is 6.89. The Balaban J connectivity index is 0.000000223. The van der Waals surface area contributed by atoms with Crippen LogP contribution >= 0.6 is 0 Å². The molecule has 0 amide bonds. The van der Waals surface area contributed by atoms with Crippen molar-refractivity contribution >= 4 is 13.1 Å². The smallest absolute Gasteiger partial charge is 0.0329 e. The van der Waals surface area contributed by atoms with Crippen LogP contribution in [0.2, 0.25) is 0 Å². The Kier molecular flexibility index (Phi) is 7.58. The molecule has 0 unspecified atom stereocenters. The summed E-state index contributed by atoms with van der Waals surface area (Å²) in [6.07, 6.45) is 4.14. The summed E-state index contributed by atoms with van der Waals surface area (Å²) in [7, 11) is 0. The molecule has 6 heteroatoms. The SMILES string of the molecule is O=[C]=[Re](=[C]=O)=[C]=O.[c-]1cccnn1. The van der Waals surface area contributed by atoms with E-state index in [-0.39, 0.29) is 0 Å². The second-order valence-electron chi connectivity index (χ2n) is 1.37. The molecule has 0 atom stereocenters. The standard InChI is InChI=1S/C4H3N2.3CO.Re/c1-2-4-6-5-3-1;3*1-2;/h1-3H;;;;/q-1;;;;. The van der Waals surface area contributed by atoms with E-state index in [4.69, 9.17) is 0 Å². The Morgan fingerprint density at radius 3 is 1.85 bits per heavy atom. The molecule has 1 rings (SSSR count). The van der Waals surface area contributed by atoms with Crippen LogP contribution in [0.1, 0.15) is 0 Å². The third-order valence-electron chi connectivity index (χ3n) is 0.670. The zero-order valence-electron chi connectivity index (χ0n) is 6.23. The molecule has 5 nitrogen and oxygen atoms in total. The van der Waals surface area contributed by atoms with Gasteiger partial charge in [0, 0.05) is 0 Å². The van der Waals surface area contributed by atoms with E-state index in [0.717, 1.165) is 0 Å². The largest absolute Gasteiger partial charge is 0.268 e. The Morgan fingerprint density at radius 1 is 1.15 bits per heavy atom. The molecular formula is C7H3N2O3Re-. The van der Waals surface area contributed by atoms with Gasteiger partial charge < -0.3 is 0 Å². The fourth-order valence-electron chi connectivity index (χ4n) is 0.272. The average Bonchev–Trinajstić information content (AvgIpc) is 2.24. The molecule has 1 aromatic heterocycles. The van der Waals surface area contributed by atoms with E-state index in [1.807, 2.05) is 0 Å². The van der Waals surface area contributed by atoms with Gasteiger partial charge in [0.2, 0.25) is 0 Å². The normalized spacial score (nSPS) is 6.46. The zero-order chi connectivity index (χ0) is 9.94. The predicted octanol–water partition coefficient (Wildman–Crippen LogP) is -0.917. The van der Waals surface area contributed by atoms with Crippen molar-refractivity contribution in [3.63, 3.8) is 0 Å². The molecule has 13 heavy (non-hydrogen) atoms. The third-order valence-corrected chi connectivity index (χ3v) is 2.33. The van der Waals surface area contributed by atoms with E-state index in [1.54, 1.807) is 18.3 Å². The predicted molar refractivity (Wildman–Crippen MR) is 37.9 cm³/mol. The van der Waals surface area contributed by atoms with Gasteiger partial charge in [-0.15, -0.1) is 6.20 Å². The van der Waals surface area contributed by atoms with Gasteiger partial charge in [-0.2, -0.15) is 11.2 Å². The second-order valence-corrected chi connectivity index (χ2v) is 5.07. The molecule has 0 bridgehead atoms. The molecule has 0 aliphatic rings. The fourth-order valence-corrected chi connectivity index (χ4v) is 0.611. The van der Waals surface area contributed by atoms with Crippen LogP contribution in [0.4, 0.5) is 0 Å². The Bertz CT molecular complexity index is 378. The maximum Gasteiger partial charge on any atom is -0.0329 e. The van der Waals surface area contributed by atoms with Crippen molar-refractivity contribution in [1.29, 1.82) is 0 Å². The number of rotatable bonds is 0. The van der Waals surface area contributed by atoms with Gasteiger partial charge in [-0.1, -0.05) is 0 Å². The fraction of sp³-hybridized carbons (Fsp3) is 0. The summed E-state index contributed by atoms with van der Waals surface area (Å²) in [4.78, 5) is 28.2. The van der Waals surface area contributed by atoms with Gasteiger partial charge >= 0.3 is 42.8 Å². The minimum absolute atomic E-state index is 1.29. The van der Waals surface area contributed by atoms with Crippen LogP contribution in [0.5, 0.6) is 0 Å². The molecule has 0 spiro atoms. The number of carbonyl (C=O) groups excluding carboxylic acids is 3. The van der Waals surface area contributed by atoms with E-state index in [0.29, 0.717) is 0 Å². The van der Waals surface area contributed by atoms with Crippen molar-refractivity contribution in [2.24, 2.45) is 0 Å². The quantitative estimate of drug-likeness (QED) is 0.567. The number of hydrogen-bond acceptors (Lipinski definition) is 5. The first-order chi connectivity index (χ1) is 6.35. The monoisotopic (exact) mass is 350 g/mol. The van der Waals surface area contributed by atoms with Crippen molar-refractivity contribution in [1.82, 2.24) is 10.2 Å². The number of nitrogens with zero attached hydrogens (tertiary/aromatic N) is 2. The molecule has 1 heterocycles. The zero-order valence-corrected chi connectivity index (χ0v) is 8.94. The first-order valence-electron chi connectivity index (χ1n) is 2.82. The van der Waals surface area contributed by atoms with Crippen molar-refractivity contribution in [2.75, 3.05) is 0 Å². The van der Waals surface area contributed by atoms with Gasteiger partial charge in [0.1, 0.15) is 0 Å². The van der Waals surface area contributed by atoms with Crippen LogP contribution in [0.15, 0.2) is 18.3 Å². The van der Waals surface area contributed by atoms with E-state index in [9.17, 15) is 14.4 Å². The van der Waals surface area contributed by atoms with Gasteiger partial charge in [0.15, 0.2) is 0 Å². The molecule has 0 aliphatic carbocycles. The van der Waals surface area contributed by atoms with E-state index < -0.39 is 15.4 Å². The Morgan fingerprint density at radius 2 is 1.77 bits per heavy atom. The summed E-state index contributed by atoms with van der Waals surface area (Å²) in [6.45, 7) is 0. The van der Waals surface area contributed by atoms with Crippen molar-refractivity contribution in [2.45, 2.75) is 0 Å². The summed E-state index contributed by atoms with van der Waals surface area (Å²) >= 11 is -2.97. The molecule has 0 aromatic carbocycles. The van der Waals surface area contributed by atoms with Crippen LogP contribution in [-0.2, 0) is 29.8 Å². The minimum Gasteiger partial charge on any atom is -0.268 e. The first kappa shape index (κ1) is 11.5. The molecule has 1 aromatic rings. The van der Waals surface area contributed by atoms with E-state index in [2.05, 4.69) is 16.4 Å². The Labute approximate surface area is 77.9 Å². The molecule has 0 N–H and O–H groups in total. The molecule has 0 aliphatic heterocycles. The third kappa shape index (κ3) is 6.86. The van der Waals surface area contributed by atoms with Gasteiger partial charge in [0.25, 0.3) is 0 Å². The number of hydrogen-bond donors (Lipinski definition) is 0. The minimum atomic E-state index is -2.97. The van der Waals surface area contributed by atoms with Crippen LogP contribution < -0.4 is 0 Å². The van der Waals surface area contributed by atoms with Crippen molar-refractivity contribution < 1.29 is 29.8 Å². The van der Waals surface area contributed by atoms with Crippen molar-refractivity contribution in [3.8, 4) is 0 Å².